The molecule has 0 unspecified atom stereocenters. The van der Waals surface area contributed by atoms with Crippen molar-refractivity contribution >= 4 is 16.9 Å². The van der Waals surface area contributed by atoms with Crippen LogP contribution in [0.5, 0.6) is 5.75 Å². The molecule has 1 amide bonds. The molecule has 0 aliphatic heterocycles. The summed E-state index contributed by atoms with van der Waals surface area (Å²) in [4.78, 5) is 17.4. The van der Waals surface area contributed by atoms with Crippen molar-refractivity contribution in [1.29, 1.82) is 0 Å². The molecule has 26 heavy (non-hydrogen) atoms. The molecule has 2 aromatic carbocycles. The number of nitrogens with zero attached hydrogens (tertiary/aromatic N) is 2. The Balaban J connectivity index is 1.84. The minimum Gasteiger partial charge on any atom is -0.496 e. The molecule has 3 rings (SSSR count). The predicted molar refractivity (Wildman–Crippen MR) is 103 cm³/mol. The Morgan fingerprint density at radius 2 is 1.85 bits per heavy atom. The molecule has 1 atom stereocenters. The van der Waals surface area contributed by atoms with E-state index in [-0.39, 0.29) is 24.3 Å². The maximum Gasteiger partial charge on any atom is 0.225 e. The van der Waals surface area contributed by atoms with Crippen molar-refractivity contribution in [3.05, 3.63) is 59.9 Å². The van der Waals surface area contributed by atoms with Gasteiger partial charge < -0.3 is 14.6 Å². The monoisotopic (exact) mass is 351 g/mol. The molecule has 0 spiro atoms. The highest BCUT2D eigenvalue weighted by atomic mass is 16.5. The summed E-state index contributed by atoms with van der Waals surface area (Å²) in [7, 11) is 3.61. The molecule has 1 N–H and O–H groups in total. The van der Waals surface area contributed by atoms with Crippen LogP contribution in [0, 0.1) is 5.92 Å². The highest BCUT2D eigenvalue weighted by Crippen LogP contribution is 2.25. The zero-order valence-corrected chi connectivity index (χ0v) is 15.7. The highest BCUT2D eigenvalue weighted by molar-refractivity contribution is 5.80. The van der Waals surface area contributed by atoms with Gasteiger partial charge in [-0.1, -0.05) is 44.2 Å². The van der Waals surface area contributed by atoms with Crippen LogP contribution in [0.15, 0.2) is 48.5 Å². The van der Waals surface area contributed by atoms with Crippen LogP contribution in [0.2, 0.25) is 0 Å². The normalized spacial score (nSPS) is 12.3. The molecule has 0 fully saturated rings. The summed E-state index contributed by atoms with van der Waals surface area (Å²) in [5, 5.41) is 3.16. The zero-order valence-electron chi connectivity index (χ0n) is 15.7. The molecule has 3 aromatic rings. The quantitative estimate of drug-likeness (QED) is 0.738. The van der Waals surface area contributed by atoms with Gasteiger partial charge in [0.1, 0.15) is 11.6 Å². The van der Waals surface area contributed by atoms with Crippen molar-refractivity contribution in [3.63, 3.8) is 0 Å². The second-order valence-corrected chi connectivity index (χ2v) is 6.80. The Kier molecular flexibility index (Phi) is 5.26. The largest absolute Gasteiger partial charge is 0.496 e. The Morgan fingerprint density at radius 1 is 1.15 bits per heavy atom. The van der Waals surface area contributed by atoms with Crippen LogP contribution in [0.4, 0.5) is 0 Å². The number of fused-ring (bicyclic) bond motifs is 1. The minimum atomic E-state index is -0.158. The molecule has 1 heterocycles. The van der Waals surface area contributed by atoms with Gasteiger partial charge in [-0.2, -0.15) is 0 Å². The molecule has 0 saturated carbocycles. The maximum absolute atomic E-state index is 12.7. The van der Waals surface area contributed by atoms with E-state index in [2.05, 4.69) is 23.7 Å². The van der Waals surface area contributed by atoms with Crippen LogP contribution in [0.3, 0.4) is 0 Å². The lowest BCUT2D eigenvalue weighted by atomic mass is 10.0. The van der Waals surface area contributed by atoms with Gasteiger partial charge in [0.15, 0.2) is 0 Å². The summed E-state index contributed by atoms with van der Waals surface area (Å²) in [5.41, 5.74) is 2.88. The fraction of sp³-hybridized carbons (Fsp3) is 0.333. The Hall–Kier alpha value is -2.82. The Labute approximate surface area is 154 Å². The van der Waals surface area contributed by atoms with Gasteiger partial charge in [-0.25, -0.2) is 4.98 Å². The van der Waals surface area contributed by atoms with Crippen LogP contribution in [0.1, 0.15) is 31.3 Å². The summed E-state index contributed by atoms with van der Waals surface area (Å²) < 4.78 is 7.40. The SMILES string of the molecule is COc1ccccc1CC(=O)N[C@H](c1nc2ccccc2n1C)C(C)C. The van der Waals surface area contributed by atoms with Gasteiger partial charge in [0.2, 0.25) is 5.91 Å². The molecular weight excluding hydrogens is 326 g/mol. The third-order valence-electron chi connectivity index (χ3n) is 4.63. The number of methoxy groups -OCH3 is 1. The number of aromatic nitrogens is 2. The number of aryl methyl sites for hydroxylation is 1. The second-order valence-electron chi connectivity index (χ2n) is 6.80. The van der Waals surface area contributed by atoms with Crippen LogP contribution in [0.25, 0.3) is 11.0 Å². The van der Waals surface area contributed by atoms with E-state index in [0.717, 1.165) is 28.2 Å². The van der Waals surface area contributed by atoms with E-state index in [0.29, 0.717) is 0 Å². The van der Waals surface area contributed by atoms with Crippen LogP contribution in [-0.2, 0) is 18.3 Å². The number of rotatable bonds is 6. The number of para-hydroxylation sites is 3. The molecule has 0 aliphatic carbocycles. The minimum absolute atomic E-state index is 0.0414. The maximum atomic E-state index is 12.7. The Morgan fingerprint density at radius 3 is 2.54 bits per heavy atom. The lowest BCUT2D eigenvalue weighted by Crippen LogP contribution is -2.34. The highest BCUT2D eigenvalue weighted by Gasteiger charge is 2.24. The molecule has 0 saturated heterocycles. The molecule has 5 heteroatoms. The van der Waals surface area contributed by atoms with Gasteiger partial charge in [-0.05, 0) is 24.1 Å². The molecular formula is C21H25N3O2. The smallest absolute Gasteiger partial charge is 0.225 e. The van der Waals surface area contributed by atoms with E-state index in [1.165, 1.54) is 0 Å². The average Bonchev–Trinajstić information content (AvgIpc) is 2.97. The third kappa shape index (κ3) is 3.57. The zero-order chi connectivity index (χ0) is 18.7. The van der Waals surface area contributed by atoms with Gasteiger partial charge in [0.25, 0.3) is 0 Å². The Bertz CT molecular complexity index is 915. The number of nitrogens with one attached hydrogen (secondary N) is 1. The van der Waals surface area contributed by atoms with E-state index in [4.69, 9.17) is 9.72 Å². The fourth-order valence-corrected chi connectivity index (χ4v) is 3.22. The summed E-state index contributed by atoms with van der Waals surface area (Å²) in [6, 6.07) is 15.4. The van der Waals surface area contributed by atoms with E-state index in [1.807, 2.05) is 55.6 Å². The molecule has 5 nitrogen and oxygen atoms in total. The molecule has 0 radical (unpaired) electrons. The first-order valence-electron chi connectivity index (χ1n) is 8.84. The number of hydrogen-bond donors (Lipinski definition) is 1. The topological polar surface area (TPSA) is 56.1 Å². The molecule has 0 aliphatic rings. The fourth-order valence-electron chi connectivity index (χ4n) is 3.22. The number of benzene rings is 2. The number of ether oxygens (including phenoxy) is 1. The lowest BCUT2D eigenvalue weighted by Gasteiger charge is -2.22. The van der Waals surface area contributed by atoms with Gasteiger partial charge in [-0.3, -0.25) is 4.79 Å². The van der Waals surface area contributed by atoms with Crippen LogP contribution in [-0.4, -0.2) is 22.6 Å². The lowest BCUT2D eigenvalue weighted by molar-refractivity contribution is -0.121. The van der Waals surface area contributed by atoms with Crippen molar-refractivity contribution < 1.29 is 9.53 Å². The first-order valence-corrected chi connectivity index (χ1v) is 8.84. The van der Waals surface area contributed by atoms with Crippen molar-refractivity contribution in [2.45, 2.75) is 26.3 Å². The van der Waals surface area contributed by atoms with Crippen molar-refractivity contribution in [2.24, 2.45) is 13.0 Å². The van der Waals surface area contributed by atoms with E-state index >= 15 is 0 Å². The second kappa shape index (κ2) is 7.60. The number of carbonyl (C=O) groups is 1. The summed E-state index contributed by atoms with van der Waals surface area (Å²) in [6.45, 7) is 4.18. The van der Waals surface area contributed by atoms with Gasteiger partial charge in [0.05, 0.1) is 30.6 Å². The first kappa shape index (κ1) is 18.0. The molecule has 1 aromatic heterocycles. The standard InChI is InChI=1S/C21H25N3O2/c1-14(2)20(21-22-16-10-6-7-11-17(16)24(21)3)23-19(25)13-15-9-5-8-12-18(15)26-4/h5-12,14,20H,13H2,1-4H3,(H,23,25)/t20-/m0/s1. The van der Waals surface area contributed by atoms with Crippen molar-refractivity contribution in [1.82, 2.24) is 14.9 Å². The molecule has 136 valence electrons. The van der Waals surface area contributed by atoms with E-state index < -0.39 is 0 Å². The first-order chi connectivity index (χ1) is 12.5. The van der Waals surface area contributed by atoms with Crippen LogP contribution < -0.4 is 10.1 Å². The predicted octanol–water partition coefficient (Wildman–Crippen LogP) is 3.64. The third-order valence-corrected chi connectivity index (χ3v) is 4.63. The van der Waals surface area contributed by atoms with Gasteiger partial charge >= 0.3 is 0 Å². The number of amides is 1. The summed E-state index contributed by atoms with van der Waals surface area (Å²) in [5.74, 6) is 1.77. The van der Waals surface area contributed by atoms with Crippen LogP contribution >= 0.6 is 0 Å². The summed E-state index contributed by atoms with van der Waals surface area (Å²) in [6.07, 6.45) is 0.275. The van der Waals surface area contributed by atoms with Crippen molar-refractivity contribution in [2.75, 3.05) is 7.11 Å². The summed E-state index contributed by atoms with van der Waals surface area (Å²) >= 11 is 0. The number of hydrogen-bond acceptors (Lipinski definition) is 3. The van der Waals surface area contributed by atoms with E-state index in [1.54, 1.807) is 7.11 Å². The van der Waals surface area contributed by atoms with Gasteiger partial charge in [0, 0.05) is 12.6 Å². The molecule has 0 bridgehead atoms. The number of imidazole rings is 1. The van der Waals surface area contributed by atoms with E-state index in [9.17, 15) is 4.79 Å². The average molecular weight is 351 g/mol. The van der Waals surface area contributed by atoms with Crippen molar-refractivity contribution in [3.8, 4) is 5.75 Å². The van der Waals surface area contributed by atoms with Gasteiger partial charge in [-0.15, -0.1) is 0 Å². The number of carbonyl (C=O) groups excluding carboxylic acids is 1.